The fourth-order valence-electron chi connectivity index (χ4n) is 1.42. The number of hydrogen-bond donors (Lipinski definition) is 2. The summed E-state index contributed by atoms with van der Waals surface area (Å²) in [6.07, 6.45) is 0. The monoisotopic (exact) mass is 290 g/mol. The Bertz CT molecular complexity index is 687. The first-order chi connectivity index (χ1) is 9.56. The van der Waals surface area contributed by atoms with Crippen molar-refractivity contribution in [2.24, 2.45) is 5.10 Å². The smallest absolute Gasteiger partial charge is 0.268 e. The van der Waals surface area contributed by atoms with E-state index in [1.807, 2.05) is 0 Å². The molecule has 6 nitrogen and oxygen atoms in total. The molecule has 0 saturated carbocycles. The van der Waals surface area contributed by atoms with Gasteiger partial charge in [0.1, 0.15) is 0 Å². The molecule has 0 aliphatic carbocycles. The molecule has 20 heavy (non-hydrogen) atoms. The zero-order valence-corrected chi connectivity index (χ0v) is 11.3. The second-order valence-electron chi connectivity index (χ2n) is 3.95. The summed E-state index contributed by atoms with van der Waals surface area (Å²) in [5.74, 6) is -0.505. The van der Waals surface area contributed by atoms with E-state index in [4.69, 9.17) is 11.6 Å². The van der Waals surface area contributed by atoms with Gasteiger partial charge in [-0.2, -0.15) is 10.2 Å². The molecule has 1 heterocycles. The summed E-state index contributed by atoms with van der Waals surface area (Å²) in [5, 5.41) is 10.4. The molecule has 0 radical (unpaired) electrons. The zero-order chi connectivity index (χ0) is 14.5. The molecule has 0 aliphatic rings. The Morgan fingerprint density at radius 2 is 1.95 bits per heavy atom. The molecular weight excluding hydrogens is 280 g/mol. The van der Waals surface area contributed by atoms with Gasteiger partial charge in [-0.3, -0.25) is 9.59 Å². The fourth-order valence-corrected chi connectivity index (χ4v) is 1.54. The molecule has 7 heteroatoms. The van der Waals surface area contributed by atoms with Gasteiger partial charge in [0.25, 0.3) is 11.5 Å². The minimum atomic E-state index is -0.505. The molecule has 1 aromatic carbocycles. The highest BCUT2D eigenvalue weighted by Gasteiger charge is 2.06. The van der Waals surface area contributed by atoms with Gasteiger partial charge in [-0.25, -0.2) is 10.5 Å². The third-order valence-corrected chi connectivity index (χ3v) is 2.75. The third-order valence-electron chi connectivity index (χ3n) is 2.50. The first-order valence-electron chi connectivity index (χ1n) is 5.72. The Labute approximate surface area is 119 Å². The van der Waals surface area contributed by atoms with Crippen LogP contribution in [0.2, 0.25) is 5.02 Å². The summed E-state index contributed by atoms with van der Waals surface area (Å²) < 4.78 is 0. The van der Waals surface area contributed by atoms with E-state index < -0.39 is 5.91 Å². The maximum Gasteiger partial charge on any atom is 0.291 e. The van der Waals surface area contributed by atoms with E-state index in [1.165, 1.54) is 12.1 Å². The summed E-state index contributed by atoms with van der Waals surface area (Å²) in [5.41, 5.74) is 3.53. The number of H-pyrrole nitrogens is 1. The van der Waals surface area contributed by atoms with E-state index in [1.54, 1.807) is 31.2 Å². The van der Waals surface area contributed by atoms with Crippen LogP contribution in [0.1, 0.15) is 23.0 Å². The number of benzene rings is 1. The fraction of sp³-hybridized carbons (Fsp3) is 0.0769. The van der Waals surface area contributed by atoms with Crippen LogP contribution in [0.15, 0.2) is 46.3 Å². The van der Waals surface area contributed by atoms with Crippen LogP contribution in [0.25, 0.3) is 0 Å². The minimum absolute atomic E-state index is 0.0808. The molecular formula is C13H11ClN4O2. The number of carbonyl (C=O) groups excluding carboxylic acids is 1. The van der Waals surface area contributed by atoms with Gasteiger partial charge in [-0.15, -0.1) is 0 Å². The van der Waals surface area contributed by atoms with Crippen LogP contribution < -0.4 is 11.0 Å². The van der Waals surface area contributed by atoms with Gasteiger partial charge in [0.15, 0.2) is 5.69 Å². The van der Waals surface area contributed by atoms with Crippen molar-refractivity contribution < 1.29 is 4.79 Å². The average molecular weight is 291 g/mol. The quantitative estimate of drug-likeness (QED) is 0.664. The minimum Gasteiger partial charge on any atom is -0.268 e. The van der Waals surface area contributed by atoms with Gasteiger partial charge in [-0.1, -0.05) is 23.7 Å². The second kappa shape index (κ2) is 6.12. The number of nitrogens with one attached hydrogen (secondary N) is 2. The van der Waals surface area contributed by atoms with E-state index in [-0.39, 0.29) is 11.3 Å². The molecule has 2 rings (SSSR count). The highest BCUT2D eigenvalue weighted by molar-refractivity contribution is 6.30. The summed E-state index contributed by atoms with van der Waals surface area (Å²) >= 11 is 5.79. The van der Waals surface area contributed by atoms with E-state index in [9.17, 15) is 9.59 Å². The zero-order valence-electron chi connectivity index (χ0n) is 10.6. The molecule has 2 N–H and O–H groups in total. The van der Waals surface area contributed by atoms with Gasteiger partial charge in [0, 0.05) is 11.1 Å². The Balaban J connectivity index is 2.08. The normalized spacial score (nSPS) is 11.2. The number of carbonyl (C=O) groups is 1. The molecule has 0 saturated heterocycles. The van der Waals surface area contributed by atoms with Crippen molar-refractivity contribution in [1.82, 2.24) is 15.6 Å². The van der Waals surface area contributed by atoms with Crippen molar-refractivity contribution in [3.05, 3.63) is 63.0 Å². The predicted octanol–water partition coefficient (Wildman–Crippen LogP) is 1.58. The Morgan fingerprint density at radius 3 is 2.55 bits per heavy atom. The van der Waals surface area contributed by atoms with Crippen molar-refractivity contribution in [3.63, 3.8) is 0 Å². The first kappa shape index (κ1) is 14.0. The number of nitrogens with zero attached hydrogens (tertiary/aromatic N) is 2. The average Bonchev–Trinajstić information content (AvgIpc) is 2.46. The van der Waals surface area contributed by atoms with Crippen LogP contribution in [-0.4, -0.2) is 21.8 Å². The van der Waals surface area contributed by atoms with Gasteiger partial charge >= 0.3 is 0 Å². The third kappa shape index (κ3) is 3.52. The Hall–Kier alpha value is -2.47. The van der Waals surface area contributed by atoms with Crippen LogP contribution in [0.3, 0.4) is 0 Å². The van der Waals surface area contributed by atoms with Crippen molar-refractivity contribution in [1.29, 1.82) is 0 Å². The van der Waals surface area contributed by atoms with Crippen molar-refractivity contribution in [3.8, 4) is 0 Å². The number of hydrazone groups is 1. The topological polar surface area (TPSA) is 87.2 Å². The van der Waals surface area contributed by atoms with Crippen LogP contribution in [0, 0.1) is 0 Å². The molecule has 0 aliphatic heterocycles. The summed E-state index contributed by atoms with van der Waals surface area (Å²) in [6.45, 7) is 1.75. The van der Waals surface area contributed by atoms with Crippen molar-refractivity contribution in [2.75, 3.05) is 0 Å². The van der Waals surface area contributed by atoms with Crippen LogP contribution in [0.5, 0.6) is 0 Å². The lowest BCUT2D eigenvalue weighted by molar-refractivity contribution is 0.0948. The molecule has 0 spiro atoms. The second-order valence-corrected chi connectivity index (χ2v) is 4.39. The Morgan fingerprint density at radius 1 is 1.25 bits per heavy atom. The molecule has 0 unspecified atom stereocenters. The van der Waals surface area contributed by atoms with Gasteiger partial charge < -0.3 is 0 Å². The largest absolute Gasteiger partial charge is 0.291 e. The first-order valence-corrected chi connectivity index (χ1v) is 6.10. The Kier molecular flexibility index (Phi) is 4.27. The lowest BCUT2D eigenvalue weighted by atomic mass is 10.1. The molecule has 0 bridgehead atoms. The van der Waals surface area contributed by atoms with E-state index in [2.05, 4.69) is 20.7 Å². The number of halogens is 1. The highest BCUT2D eigenvalue weighted by atomic mass is 35.5. The number of aromatic amines is 1. The SMILES string of the molecule is C/C(=N/NC(=O)c1ccc(=O)[nH]n1)c1ccc(Cl)cc1. The summed E-state index contributed by atoms with van der Waals surface area (Å²) in [6, 6.07) is 9.61. The van der Waals surface area contributed by atoms with E-state index in [0.717, 1.165) is 5.56 Å². The summed E-state index contributed by atoms with van der Waals surface area (Å²) in [7, 11) is 0. The van der Waals surface area contributed by atoms with Crippen molar-refractivity contribution >= 4 is 23.2 Å². The number of aromatic nitrogens is 2. The molecule has 1 aromatic heterocycles. The van der Waals surface area contributed by atoms with E-state index >= 15 is 0 Å². The van der Waals surface area contributed by atoms with Crippen molar-refractivity contribution in [2.45, 2.75) is 6.92 Å². The highest BCUT2D eigenvalue weighted by Crippen LogP contribution is 2.10. The molecule has 2 aromatic rings. The maximum atomic E-state index is 11.7. The van der Waals surface area contributed by atoms with Crippen LogP contribution >= 0.6 is 11.6 Å². The van der Waals surface area contributed by atoms with Crippen LogP contribution in [-0.2, 0) is 0 Å². The van der Waals surface area contributed by atoms with Gasteiger partial charge in [0.05, 0.1) is 5.71 Å². The molecule has 102 valence electrons. The standard InChI is InChI=1S/C13H11ClN4O2/c1-8(9-2-4-10(14)5-3-9)15-18-13(20)11-6-7-12(19)17-16-11/h2-7H,1H3,(H,17,19)(H,18,20)/b15-8-. The lowest BCUT2D eigenvalue weighted by Gasteiger charge is -2.02. The number of rotatable bonds is 3. The maximum absolute atomic E-state index is 11.7. The van der Waals surface area contributed by atoms with Gasteiger partial charge in [0.2, 0.25) is 0 Å². The summed E-state index contributed by atoms with van der Waals surface area (Å²) in [4.78, 5) is 22.6. The number of amides is 1. The van der Waals surface area contributed by atoms with Gasteiger partial charge in [-0.05, 0) is 30.7 Å². The number of hydrogen-bond acceptors (Lipinski definition) is 4. The lowest BCUT2D eigenvalue weighted by Crippen LogP contribution is -2.22. The molecule has 0 fully saturated rings. The predicted molar refractivity (Wildman–Crippen MR) is 76.0 cm³/mol. The molecule has 1 amide bonds. The molecule has 0 atom stereocenters. The van der Waals surface area contributed by atoms with E-state index in [0.29, 0.717) is 10.7 Å². The van der Waals surface area contributed by atoms with Crippen LogP contribution in [0.4, 0.5) is 0 Å².